The molecule has 6 nitrogen and oxygen atoms in total. The zero-order valence-electron chi connectivity index (χ0n) is 13.7. The number of methoxy groups -OCH3 is 1. The first-order valence-corrected chi connectivity index (χ1v) is 7.89. The van der Waals surface area contributed by atoms with Crippen LogP contribution in [-0.4, -0.2) is 38.8 Å². The molecule has 4 rings (SSSR count). The van der Waals surface area contributed by atoms with Crippen LogP contribution in [0.3, 0.4) is 0 Å². The van der Waals surface area contributed by atoms with E-state index in [2.05, 4.69) is 10.6 Å². The lowest BCUT2D eigenvalue weighted by Crippen LogP contribution is -2.45. The summed E-state index contributed by atoms with van der Waals surface area (Å²) >= 11 is 0. The van der Waals surface area contributed by atoms with E-state index in [1.54, 1.807) is 13.2 Å². The number of nitrogens with one attached hydrogen (secondary N) is 2. The molecule has 25 heavy (non-hydrogen) atoms. The summed E-state index contributed by atoms with van der Waals surface area (Å²) in [5.41, 5.74) is 2.08. The number of para-hydroxylation sites is 1. The highest BCUT2D eigenvalue weighted by Crippen LogP contribution is 2.36. The molecule has 0 aliphatic carbocycles. The van der Waals surface area contributed by atoms with Gasteiger partial charge in [-0.2, -0.15) is 0 Å². The molecular formula is C18H19ClN2O4. The molecule has 132 valence electrons. The minimum absolute atomic E-state index is 0. The minimum Gasteiger partial charge on any atom is -0.495 e. The topological polar surface area (TPSA) is 72.7 Å². The van der Waals surface area contributed by atoms with Crippen LogP contribution in [0, 0.1) is 0 Å². The van der Waals surface area contributed by atoms with Crippen molar-refractivity contribution in [1.82, 2.24) is 5.32 Å². The first kappa shape index (κ1) is 17.5. The van der Waals surface area contributed by atoms with Gasteiger partial charge in [0.1, 0.15) is 23.0 Å². The molecule has 1 aliphatic heterocycles. The average molecular weight is 363 g/mol. The van der Waals surface area contributed by atoms with Gasteiger partial charge in [0.05, 0.1) is 19.4 Å². The molecule has 0 saturated carbocycles. The summed E-state index contributed by atoms with van der Waals surface area (Å²) in [7, 11) is 1.58. The van der Waals surface area contributed by atoms with Crippen molar-refractivity contribution in [2.75, 3.05) is 32.1 Å². The Morgan fingerprint density at radius 1 is 1.24 bits per heavy atom. The number of amides is 1. The van der Waals surface area contributed by atoms with E-state index >= 15 is 0 Å². The lowest BCUT2D eigenvalue weighted by atomic mass is 10.1. The fourth-order valence-electron chi connectivity index (χ4n) is 2.97. The molecule has 2 aromatic carbocycles. The Kier molecular flexibility index (Phi) is 5.13. The highest BCUT2D eigenvalue weighted by atomic mass is 35.5. The van der Waals surface area contributed by atoms with Gasteiger partial charge in [0.25, 0.3) is 5.91 Å². The second-order valence-electron chi connectivity index (χ2n) is 5.70. The average Bonchev–Trinajstić information content (AvgIpc) is 2.99. The van der Waals surface area contributed by atoms with Crippen LogP contribution in [0.25, 0.3) is 21.9 Å². The summed E-state index contributed by atoms with van der Waals surface area (Å²) in [6, 6.07) is 11.5. The van der Waals surface area contributed by atoms with Gasteiger partial charge in [-0.05, 0) is 12.1 Å². The van der Waals surface area contributed by atoms with Crippen LogP contribution in [-0.2, 0) is 9.53 Å². The van der Waals surface area contributed by atoms with Crippen molar-refractivity contribution in [2.24, 2.45) is 0 Å². The van der Waals surface area contributed by atoms with E-state index in [-0.39, 0.29) is 18.3 Å². The molecule has 1 saturated heterocycles. The molecule has 1 unspecified atom stereocenters. The van der Waals surface area contributed by atoms with Crippen molar-refractivity contribution in [1.29, 1.82) is 0 Å². The molecule has 0 radical (unpaired) electrons. The number of rotatable bonds is 3. The van der Waals surface area contributed by atoms with E-state index in [4.69, 9.17) is 13.9 Å². The van der Waals surface area contributed by atoms with Crippen LogP contribution in [0.2, 0.25) is 0 Å². The molecule has 1 amide bonds. The Balaban J connectivity index is 0.00000182. The van der Waals surface area contributed by atoms with E-state index in [1.807, 2.05) is 30.3 Å². The van der Waals surface area contributed by atoms with E-state index in [0.29, 0.717) is 30.2 Å². The SMILES string of the molecule is COc1cc2c(cc1NC(=O)C1CNCCO1)oc1ccccc12.Cl. The number of furan rings is 1. The number of ether oxygens (including phenoxy) is 2. The Morgan fingerprint density at radius 2 is 2.08 bits per heavy atom. The van der Waals surface area contributed by atoms with Crippen LogP contribution in [0.1, 0.15) is 0 Å². The summed E-state index contributed by atoms with van der Waals surface area (Å²) in [6.45, 7) is 1.79. The first-order valence-electron chi connectivity index (χ1n) is 7.89. The molecule has 0 spiro atoms. The van der Waals surface area contributed by atoms with Crippen LogP contribution < -0.4 is 15.4 Å². The maximum atomic E-state index is 12.4. The van der Waals surface area contributed by atoms with Gasteiger partial charge < -0.3 is 24.5 Å². The first-order chi connectivity index (χ1) is 11.8. The third kappa shape index (κ3) is 3.28. The molecule has 1 atom stereocenters. The fourth-order valence-corrected chi connectivity index (χ4v) is 2.97. The second-order valence-corrected chi connectivity index (χ2v) is 5.70. The molecule has 1 aliphatic rings. The summed E-state index contributed by atoms with van der Waals surface area (Å²) < 4.78 is 16.8. The predicted molar refractivity (Wildman–Crippen MR) is 98.8 cm³/mol. The number of hydrogen-bond donors (Lipinski definition) is 2. The van der Waals surface area contributed by atoms with Crippen molar-refractivity contribution in [3.63, 3.8) is 0 Å². The molecular weight excluding hydrogens is 344 g/mol. The fraction of sp³-hybridized carbons (Fsp3) is 0.278. The molecule has 0 bridgehead atoms. The summed E-state index contributed by atoms with van der Waals surface area (Å²) in [5, 5.41) is 7.99. The lowest BCUT2D eigenvalue weighted by Gasteiger charge is -2.23. The highest BCUT2D eigenvalue weighted by Gasteiger charge is 2.23. The van der Waals surface area contributed by atoms with Crippen molar-refractivity contribution in [2.45, 2.75) is 6.10 Å². The normalized spacial score (nSPS) is 17.2. The van der Waals surface area contributed by atoms with E-state index in [9.17, 15) is 4.79 Å². The van der Waals surface area contributed by atoms with Crippen molar-refractivity contribution in [3.05, 3.63) is 36.4 Å². The van der Waals surface area contributed by atoms with E-state index in [1.165, 1.54) is 0 Å². The number of morpholine rings is 1. The number of fused-ring (bicyclic) bond motifs is 3. The summed E-state index contributed by atoms with van der Waals surface area (Å²) in [5.74, 6) is 0.391. The van der Waals surface area contributed by atoms with Gasteiger partial charge in [0, 0.05) is 29.9 Å². The summed E-state index contributed by atoms with van der Waals surface area (Å²) in [6.07, 6.45) is -0.505. The number of halogens is 1. The Hall–Kier alpha value is -2.28. The van der Waals surface area contributed by atoms with Gasteiger partial charge in [0.2, 0.25) is 0 Å². The lowest BCUT2D eigenvalue weighted by molar-refractivity contribution is -0.128. The van der Waals surface area contributed by atoms with Gasteiger partial charge in [-0.15, -0.1) is 12.4 Å². The number of carbonyl (C=O) groups is 1. The minimum atomic E-state index is -0.505. The van der Waals surface area contributed by atoms with Crippen molar-refractivity contribution in [3.8, 4) is 5.75 Å². The molecule has 2 N–H and O–H groups in total. The molecule has 3 aromatic rings. The number of anilines is 1. The molecule has 7 heteroatoms. The number of hydrogen-bond acceptors (Lipinski definition) is 5. The van der Waals surface area contributed by atoms with Gasteiger partial charge in [0.15, 0.2) is 0 Å². The second kappa shape index (κ2) is 7.31. The Labute approximate surface area is 150 Å². The van der Waals surface area contributed by atoms with Crippen molar-refractivity contribution < 1.29 is 18.7 Å². The number of benzene rings is 2. The maximum Gasteiger partial charge on any atom is 0.254 e. The van der Waals surface area contributed by atoms with E-state index in [0.717, 1.165) is 22.9 Å². The maximum absolute atomic E-state index is 12.4. The predicted octanol–water partition coefficient (Wildman–Crippen LogP) is 2.94. The molecule has 1 aromatic heterocycles. The third-order valence-corrected chi connectivity index (χ3v) is 4.18. The number of carbonyl (C=O) groups excluding carboxylic acids is 1. The van der Waals surface area contributed by atoms with Crippen molar-refractivity contribution >= 4 is 45.9 Å². The van der Waals surface area contributed by atoms with Gasteiger partial charge in [-0.3, -0.25) is 4.79 Å². The van der Waals surface area contributed by atoms with Crippen LogP contribution in [0.15, 0.2) is 40.8 Å². The quantitative estimate of drug-likeness (QED) is 0.749. The van der Waals surface area contributed by atoms with Crippen LogP contribution in [0.4, 0.5) is 5.69 Å². The third-order valence-electron chi connectivity index (χ3n) is 4.18. The van der Waals surface area contributed by atoms with Gasteiger partial charge in [-0.25, -0.2) is 0 Å². The monoisotopic (exact) mass is 362 g/mol. The van der Waals surface area contributed by atoms with Gasteiger partial charge >= 0.3 is 0 Å². The largest absolute Gasteiger partial charge is 0.495 e. The van der Waals surface area contributed by atoms with Crippen LogP contribution >= 0.6 is 12.4 Å². The Morgan fingerprint density at radius 3 is 2.84 bits per heavy atom. The zero-order valence-corrected chi connectivity index (χ0v) is 14.5. The zero-order chi connectivity index (χ0) is 16.5. The van der Waals surface area contributed by atoms with Gasteiger partial charge in [-0.1, -0.05) is 18.2 Å². The molecule has 1 fully saturated rings. The Bertz CT molecular complexity index is 903. The van der Waals surface area contributed by atoms with E-state index < -0.39 is 6.10 Å². The molecule has 2 heterocycles. The summed E-state index contributed by atoms with van der Waals surface area (Å²) in [4.78, 5) is 12.4. The van der Waals surface area contributed by atoms with Crippen LogP contribution in [0.5, 0.6) is 5.75 Å². The smallest absolute Gasteiger partial charge is 0.254 e. The standard InChI is InChI=1S/C18H18N2O4.ClH/c1-22-16-8-12-11-4-2-3-5-14(11)24-15(12)9-13(16)20-18(21)17-10-19-6-7-23-17;/h2-5,8-9,17,19H,6-7,10H2,1H3,(H,20,21);1H. The highest BCUT2D eigenvalue weighted by molar-refractivity contribution is 6.08.